The molecule has 0 unspecified atom stereocenters. The Balaban J connectivity index is 2.68. The summed E-state index contributed by atoms with van der Waals surface area (Å²) in [6, 6.07) is 2.12. The van der Waals surface area contributed by atoms with Gasteiger partial charge in [-0.2, -0.15) is 0 Å². The highest BCUT2D eigenvalue weighted by Gasteiger charge is 2.18. The molecule has 18 heavy (non-hydrogen) atoms. The number of nitrogens with zero attached hydrogens (tertiary/aromatic N) is 1. The summed E-state index contributed by atoms with van der Waals surface area (Å²) in [6.45, 7) is 3.77. The minimum atomic E-state index is -0.682. The summed E-state index contributed by atoms with van der Waals surface area (Å²) in [5, 5.41) is 13.8. The van der Waals surface area contributed by atoms with Crippen molar-refractivity contribution in [3.63, 3.8) is 0 Å². The molecule has 100 valence electrons. The fourth-order valence-corrected chi connectivity index (χ4v) is 1.63. The molecule has 0 heterocycles. The SMILES string of the molecule is CCCNCCOc1cc(Br)c(F)cc1[N+](=O)[O-]. The molecule has 1 aromatic carbocycles. The molecule has 0 saturated heterocycles. The summed E-state index contributed by atoms with van der Waals surface area (Å²) in [6.07, 6.45) is 1.00. The molecule has 0 radical (unpaired) electrons. The lowest BCUT2D eigenvalue weighted by Crippen LogP contribution is -2.21. The third kappa shape index (κ3) is 4.23. The first kappa shape index (κ1) is 14.8. The summed E-state index contributed by atoms with van der Waals surface area (Å²) >= 11 is 2.97. The zero-order chi connectivity index (χ0) is 13.5. The van der Waals surface area contributed by atoms with Gasteiger partial charge in [0.1, 0.15) is 12.4 Å². The maximum atomic E-state index is 13.2. The van der Waals surface area contributed by atoms with E-state index in [1.807, 2.05) is 6.92 Å². The lowest BCUT2D eigenvalue weighted by molar-refractivity contribution is -0.386. The molecule has 0 bridgehead atoms. The van der Waals surface area contributed by atoms with E-state index in [4.69, 9.17) is 4.74 Å². The van der Waals surface area contributed by atoms with Gasteiger partial charge in [-0.15, -0.1) is 0 Å². The van der Waals surface area contributed by atoms with Crippen molar-refractivity contribution in [2.45, 2.75) is 13.3 Å². The number of halogens is 2. The van der Waals surface area contributed by atoms with Crippen LogP contribution in [0, 0.1) is 15.9 Å². The van der Waals surface area contributed by atoms with Crippen LogP contribution < -0.4 is 10.1 Å². The van der Waals surface area contributed by atoms with E-state index in [1.54, 1.807) is 0 Å². The molecular formula is C11H14BrFN2O3. The number of nitro benzene ring substituents is 1. The molecule has 0 aromatic heterocycles. The molecule has 1 aromatic rings. The van der Waals surface area contributed by atoms with Crippen LogP contribution in [-0.4, -0.2) is 24.6 Å². The Morgan fingerprint density at radius 2 is 2.22 bits per heavy atom. The van der Waals surface area contributed by atoms with Gasteiger partial charge in [0.2, 0.25) is 0 Å². The van der Waals surface area contributed by atoms with Gasteiger partial charge in [-0.3, -0.25) is 10.1 Å². The first-order chi connectivity index (χ1) is 8.56. The average molecular weight is 321 g/mol. The maximum absolute atomic E-state index is 13.2. The van der Waals surface area contributed by atoms with Crippen molar-refractivity contribution in [2.24, 2.45) is 0 Å². The monoisotopic (exact) mass is 320 g/mol. The van der Waals surface area contributed by atoms with Crippen molar-refractivity contribution in [1.82, 2.24) is 5.32 Å². The van der Waals surface area contributed by atoms with Crippen LogP contribution in [0.25, 0.3) is 0 Å². The number of ether oxygens (including phenoxy) is 1. The Labute approximate surface area is 113 Å². The minimum absolute atomic E-state index is 0.0616. The first-order valence-corrected chi connectivity index (χ1v) is 6.32. The normalized spacial score (nSPS) is 10.4. The lowest BCUT2D eigenvalue weighted by atomic mass is 10.3. The molecule has 0 fully saturated rings. The summed E-state index contributed by atoms with van der Waals surface area (Å²) in [7, 11) is 0. The highest BCUT2D eigenvalue weighted by atomic mass is 79.9. The Hall–Kier alpha value is -1.21. The van der Waals surface area contributed by atoms with Crippen molar-refractivity contribution >= 4 is 21.6 Å². The number of benzene rings is 1. The Bertz CT molecular complexity index is 429. The number of rotatable bonds is 7. The third-order valence-corrected chi connectivity index (χ3v) is 2.77. The second-order valence-electron chi connectivity index (χ2n) is 3.59. The molecule has 0 amide bonds. The topological polar surface area (TPSA) is 64.4 Å². The third-order valence-electron chi connectivity index (χ3n) is 2.16. The van der Waals surface area contributed by atoms with E-state index in [0.717, 1.165) is 19.0 Å². The number of hydrogen-bond donors (Lipinski definition) is 1. The number of nitro groups is 1. The first-order valence-electron chi connectivity index (χ1n) is 5.53. The minimum Gasteiger partial charge on any atom is -0.485 e. The Kier molecular flexibility index (Phi) is 6.00. The highest BCUT2D eigenvalue weighted by molar-refractivity contribution is 9.10. The number of hydrogen-bond acceptors (Lipinski definition) is 4. The molecule has 7 heteroatoms. The van der Waals surface area contributed by atoms with E-state index in [2.05, 4.69) is 21.2 Å². The fourth-order valence-electron chi connectivity index (χ4n) is 1.31. The zero-order valence-electron chi connectivity index (χ0n) is 9.91. The second-order valence-corrected chi connectivity index (χ2v) is 4.44. The van der Waals surface area contributed by atoms with Crippen molar-refractivity contribution in [1.29, 1.82) is 0 Å². The molecule has 1 N–H and O–H groups in total. The molecule has 0 spiro atoms. The van der Waals surface area contributed by atoms with Gasteiger partial charge in [-0.1, -0.05) is 6.92 Å². The molecular weight excluding hydrogens is 307 g/mol. The quantitative estimate of drug-likeness (QED) is 0.476. The zero-order valence-corrected chi connectivity index (χ0v) is 11.5. The standard InChI is InChI=1S/C11H14BrFN2O3/c1-2-3-14-4-5-18-11-6-8(12)9(13)7-10(11)15(16)17/h6-7,14H,2-5H2,1H3. The van der Waals surface area contributed by atoms with E-state index in [0.29, 0.717) is 13.2 Å². The van der Waals surface area contributed by atoms with Gasteiger partial charge in [0.25, 0.3) is 0 Å². The predicted octanol–water partition coefficient (Wildman–Crippen LogP) is 2.87. The number of nitrogens with one attached hydrogen (secondary N) is 1. The lowest BCUT2D eigenvalue weighted by Gasteiger charge is -2.08. The molecule has 1 rings (SSSR count). The van der Waals surface area contributed by atoms with Crippen LogP contribution >= 0.6 is 15.9 Å². The molecule has 0 aliphatic rings. The maximum Gasteiger partial charge on any atom is 0.313 e. The van der Waals surface area contributed by atoms with Crippen LogP contribution in [-0.2, 0) is 0 Å². The summed E-state index contributed by atoms with van der Waals surface area (Å²) in [4.78, 5) is 10.1. The summed E-state index contributed by atoms with van der Waals surface area (Å²) in [5.41, 5.74) is -0.369. The van der Waals surface area contributed by atoms with E-state index >= 15 is 0 Å². The summed E-state index contributed by atoms with van der Waals surface area (Å²) in [5.74, 6) is -0.621. The van der Waals surface area contributed by atoms with Crippen LogP contribution in [0.3, 0.4) is 0 Å². The van der Waals surface area contributed by atoms with Crippen LogP contribution in [0.1, 0.15) is 13.3 Å². The van der Waals surface area contributed by atoms with Crippen LogP contribution in [0.5, 0.6) is 5.75 Å². The second kappa shape index (κ2) is 7.27. The van der Waals surface area contributed by atoms with Gasteiger partial charge in [-0.25, -0.2) is 4.39 Å². The molecule has 0 aliphatic carbocycles. The Morgan fingerprint density at radius 3 is 2.83 bits per heavy atom. The van der Waals surface area contributed by atoms with Gasteiger partial charge in [-0.05, 0) is 28.9 Å². The van der Waals surface area contributed by atoms with Crippen molar-refractivity contribution in [3.05, 3.63) is 32.5 Å². The van der Waals surface area contributed by atoms with Gasteiger partial charge < -0.3 is 10.1 Å². The van der Waals surface area contributed by atoms with E-state index in [1.165, 1.54) is 6.07 Å². The molecule has 5 nitrogen and oxygen atoms in total. The van der Waals surface area contributed by atoms with Gasteiger partial charge in [0.05, 0.1) is 15.5 Å². The predicted molar refractivity (Wildman–Crippen MR) is 69.4 cm³/mol. The average Bonchev–Trinajstić information content (AvgIpc) is 2.32. The van der Waals surface area contributed by atoms with Gasteiger partial charge >= 0.3 is 5.69 Å². The fraction of sp³-hybridized carbons (Fsp3) is 0.455. The van der Waals surface area contributed by atoms with Crippen molar-refractivity contribution in [3.8, 4) is 5.75 Å². The smallest absolute Gasteiger partial charge is 0.313 e. The van der Waals surface area contributed by atoms with Crippen LogP contribution in [0.4, 0.5) is 10.1 Å². The van der Waals surface area contributed by atoms with Gasteiger partial charge in [0.15, 0.2) is 5.75 Å². The molecule has 0 aliphatic heterocycles. The van der Waals surface area contributed by atoms with Gasteiger partial charge in [0, 0.05) is 12.6 Å². The van der Waals surface area contributed by atoms with Crippen LogP contribution in [0.2, 0.25) is 0 Å². The largest absolute Gasteiger partial charge is 0.485 e. The molecule has 0 saturated carbocycles. The van der Waals surface area contributed by atoms with E-state index in [-0.39, 0.29) is 15.9 Å². The van der Waals surface area contributed by atoms with Crippen molar-refractivity contribution < 1.29 is 14.1 Å². The molecule has 0 atom stereocenters. The summed E-state index contributed by atoms with van der Waals surface area (Å²) < 4.78 is 18.6. The highest BCUT2D eigenvalue weighted by Crippen LogP contribution is 2.32. The van der Waals surface area contributed by atoms with E-state index < -0.39 is 10.7 Å². The van der Waals surface area contributed by atoms with Crippen molar-refractivity contribution in [2.75, 3.05) is 19.7 Å². The van der Waals surface area contributed by atoms with Crippen LogP contribution in [0.15, 0.2) is 16.6 Å². The Morgan fingerprint density at radius 1 is 1.50 bits per heavy atom. The van der Waals surface area contributed by atoms with E-state index in [9.17, 15) is 14.5 Å².